The molecule has 0 spiro atoms. The zero-order valence-corrected chi connectivity index (χ0v) is 9.57. The van der Waals surface area contributed by atoms with Crippen molar-refractivity contribution < 1.29 is 9.90 Å². The highest BCUT2D eigenvalue weighted by Gasteiger charge is 2.52. The second-order valence-corrected chi connectivity index (χ2v) is 5.88. The molecule has 3 heteroatoms. The summed E-state index contributed by atoms with van der Waals surface area (Å²) in [4.78, 5) is 10.8. The number of hydrogen-bond acceptors (Lipinski definition) is 2. The lowest BCUT2D eigenvalue weighted by atomic mass is 9.67. The Bertz CT molecular complexity index is 275. The van der Waals surface area contributed by atoms with Gasteiger partial charge in [-0.2, -0.15) is 0 Å². The lowest BCUT2D eigenvalue weighted by molar-refractivity contribution is -0.139. The smallest absolute Gasteiger partial charge is 0.320 e. The highest BCUT2D eigenvalue weighted by Crippen LogP contribution is 2.60. The Balaban J connectivity index is 2.06. The first kappa shape index (κ1) is 10.9. The molecule has 2 saturated carbocycles. The van der Waals surface area contributed by atoms with Crippen LogP contribution in [0.25, 0.3) is 0 Å². The lowest BCUT2D eigenvalue weighted by Crippen LogP contribution is -2.39. The van der Waals surface area contributed by atoms with E-state index in [0.717, 1.165) is 11.8 Å². The number of rotatable bonds is 3. The zero-order valence-electron chi connectivity index (χ0n) is 9.57. The third-order valence-electron chi connectivity index (χ3n) is 4.88. The van der Waals surface area contributed by atoms with E-state index in [4.69, 9.17) is 10.8 Å². The van der Waals surface area contributed by atoms with Gasteiger partial charge in [0.2, 0.25) is 0 Å². The molecule has 0 aromatic carbocycles. The number of carboxylic acid groups (broad SMARTS) is 1. The van der Waals surface area contributed by atoms with E-state index >= 15 is 0 Å². The van der Waals surface area contributed by atoms with Gasteiger partial charge in [0.25, 0.3) is 0 Å². The molecule has 2 fully saturated rings. The largest absolute Gasteiger partial charge is 0.480 e. The summed E-state index contributed by atoms with van der Waals surface area (Å²) in [5.74, 6) is 1.19. The molecule has 2 bridgehead atoms. The third-order valence-corrected chi connectivity index (χ3v) is 4.88. The van der Waals surface area contributed by atoms with Gasteiger partial charge in [0, 0.05) is 0 Å². The van der Waals surface area contributed by atoms with E-state index in [1.54, 1.807) is 0 Å². The maximum atomic E-state index is 10.8. The first-order valence-corrected chi connectivity index (χ1v) is 5.91. The van der Waals surface area contributed by atoms with Crippen LogP contribution in [0.4, 0.5) is 0 Å². The van der Waals surface area contributed by atoms with Gasteiger partial charge in [0.05, 0.1) is 0 Å². The van der Waals surface area contributed by atoms with Gasteiger partial charge in [-0.1, -0.05) is 13.8 Å². The highest BCUT2D eigenvalue weighted by molar-refractivity contribution is 5.73. The molecule has 4 unspecified atom stereocenters. The molecule has 0 radical (unpaired) electrons. The van der Waals surface area contributed by atoms with Crippen LogP contribution in [0.1, 0.15) is 39.5 Å². The van der Waals surface area contributed by atoms with E-state index in [1.807, 2.05) is 0 Å². The molecule has 0 aromatic heterocycles. The molecule has 2 rings (SSSR count). The van der Waals surface area contributed by atoms with E-state index in [-0.39, 0.29) is 0 Å². The molecule has 2 aliphatic carbocycles. The van der Waals surface area contributed by atoms with E-state index in [9.17, 15) is 4.79 Å². The van der Waals surface area contributed by atoms with Gasteiger partial charge in [-0.25, -0.2) is 0 Å². The Kier molecular flexibility index (Phi) is 2.53. The average Bonchev–Trinajstić information content (AvgIpc) is 2.68. The predicted octanol–water partition coefficient (Wildman–Crippen LogP) is 1.86. The van der Waals surface area contributed by atoms with Crippen LogP contribution >= 0.6 is 0 Å². The third kappa shape index (κ3) is 1.67. The number of nitrogens with two attached hydrogens (primary N) is 1. The number of fused-ring (bicyclic) bond motifs is 2. The monoisotopic (exact) mass is 211 g/mol. The average molecular weight is 211 g/mol. The fourth-order valence-corrected chi connectivity index (χ4v) is 3.84. The molecule has 2 aliphatic rings. The summed E-state index contributed by atoms with van der Waals surface area (Å²) in [5, 5.41) is 8.86. The summed E-state index contributed by atoms with van der Waals surface area (Å²) in [5.41, 5.74) is 5.95. The summed E-state index contributed by atoms with van der Waals surface area (Å²) in [7, 11) is 0. The van der Waals surface area contributed by atoms with Gasteiger partial charge in [-0.05, 0) is 48.9 Å². The van der Waals surface area contributed by atoms with Crippen LogP contribution in [-0.2, 0) is 4.79 Å². The molecular weight excluding hydrogens is 190 g/mol. The molecule has 4 atom stereocenters. The standard InChI is InChI=1S/C12H21NO2/c1-12(2)8-4-3-7(5-8)9(12)6-10(13)11(14)15/h7-10H,3-6,13H2,1-2H3,(H,14,15). The minimum Gasteiger partial charge on any atom is -0.480 e. The first-order chi connectivity index (χ1) is 6.93. The van der Waals surface area contributed by atoms with Crippen LogP contribution in [0.3, 0.4) is 0 Å². The van der Waals surface area contributed by atoms with Gasteiger partial charge in [-0.15, -0.1) is 0 Å². The van der Waals surface area contributed by atoms with Crippen LogP contribution in [0.2, 0.25) is 0 Å². The van der Waals surface area contributed by atoms with Crippen LogP contribution in [-0.4, -0.2) is 17.1 Å². The summed E-state index contributed by atoms with van der Waals surface area (Å²) >= 11 is 0. The Morgan fingerprint density at radius 2 is 2.20 bits per heavy atom. The van der Waals surface area contributed by atoms with Gasteiger partial charge >= 0.3 is 5.97 Å². The van der Waals surface area contributed by atoms with Crippen LogP contribution < -0.4 is 5.73 Å². The van der Waals surface area contributed by atoms with E-state index in [0.29, 0.717) is 17.8 Å². The number of carbonyl (C=O) groups is 1. The van der Waals surface area contributed by atoms with Crippen LogP contribution in [0.5, 0.6) is 0 Å². The predicted molar refractivity (Wildman–Crippen MR) is 58.3 cm³/mol. The van der Waals surface area contributed by atoms with Crippen molar-refractivity contribution in [2.45, 2.75) is 45.6 Å². The van der Waals surface area contributed by atoms with Gasteiger partial charge < -0.3 is 10.8 Å². The molecule has 0 saturated heterocycles. The minimum absolute atomic E-state index is 0.302. The van der Waals surface area contributed by atoms with Crippen molar-refractivity contribution in [1.82, 2.24) is 0 Å². The van der Waals surface area contributed by atoms with E-state index < -0.39 is 12.0 Å². The molecule has 3 N–H and O–H groups in total. The second-order valence-electron chi connectivity index (χ2n) is 5.88. The summed E-state index contributed by atoms with van der Waals surface area (Å²) < 4.78 is 0. The molecule has 15 heavy (non-hydrogen) atoms. The van der Waals surface area contributed by atoms with Crippen molar-refractivity contribution >= 4 is 5.97 Å². The Morgan fingerprint density at radius 3 is 2.67 bits per heavy atom. The molecule has 86 valence electrons. The first-order valence-electron chi connectivity index (χ1n) is 5.91. The van der Waals surface area contributed by atoms with Crippen molar-refractivity contribution in [3.63, 3.8) is 0 Å². The molecule has 0 aliphatic heterocycles. The molecule has 0 amide bonds. The maximum Gasteiger partial charge on any atom is 0.320 e. The summed E-state index contributed by atoms with van der Waals surface area (Å²) in [6.07, 6.45) is 4.56. The van der Waals surface area contributed by atoms with Gasteiger partial charge in [0.15, 0.2) is 0 Å². The van der Waals surface area contributed by atoms with Crippen LogP contribution in [0, 0.1) is 23.2 Å². The highest BCUT2D eigenvalue weighted by atomic mass is 16.4. The Morgan fingerprint density at radius 1 is 1.53 bits per heavy atom. The molecule has 0 heterocycles. The fourth-order valence-electron chi connectivity index (χ4n) is 3.84. The van der Waals surface area contributed by atoms with Gasteiger partial charge in [0.1, 0.15) is 6.04 Å². The van der Waals surface area contributed by atoms with Crippen LogP contribution in [0.15, 0.2) is 0 Å². The maximum absolute atomic E-state index is 10.8. The number of hydrogen-bond donors (Lipinski definition) is 2. The SMILES string of the molecule is CC1(C)C2CCC(C2)C1CC(N)C(=O)O. The molecular formula is C12H21NO2. The molecule has 3 nitrogen and oxygen atoms in total. The van der Waals surface area contributed by atoms with Crippen molar-refractivity contribution in [3.05, 3.63) is 0 Å². The van der Waals surface area contributed by atoms with E-state index in [1.165, 1.54) is 19.3 Å². The zero-order chi connectivity index (χ0) is 11.2. The van der Waals surface area contributed by atoms with Gasteiger partial charge in [-0.3, -0.25) is 4.79 Å². The molecule has 0 aromatic rings. The number of carboxylic acids is 1. The summed E-state index contributed by atoms with van der Waals surface area (Å²) in [6, 6.07) is -0.673. The van der Waals surface area contributed by atoms with E-state index in [2.05, 4.69) is 13.8 Å². The quantitative estimate of drug-likeness (QED) is 0.749. The van der Waals surface area contributed by atoms with Crippen molar-refractivity contribution in [3.8, 4) is 0 Å². The number of aliphatic carboxylic acids is 1. The summed E-state index contributed by atoms with van der Waals surface area (Å²) in [6.45, 7) is 4.58. The fraction of sp³-hybridized carbons (Fsp3) is 0.917. The normalized spacial score (nSPS) is 39.3. The Hall–Kier alpha value is -0.570. The topological polar surface area (TPSA) is 63.3 Å². The van der Waals surface area contributed by atoms with Crippen molar-refractivity contribution in [2.24, 2.45) is 28.9 Å². The van der Waals surface area contributed by atoms with Crippen molar-refractivity contribution in [2.75, 3.05) is 0 Å². The lowest BCUT2D eigenvalue weighted by Gasteiger charge is -2.39. The Labute approximate surface area is 91.0 Å². The minimum atomic E-state index is -0.853. The van der Waals surface area contributed by atoms with Crippen molar-refractivity contribution in [1.29, 1.82) is 0 Å². The second kappa shape index (κ2) is 3.48.